The van der Waals surface area contributed by atoms with Crippen LogP contribution < -0.4 is 4.74 Å². The molecule has 0 saturated carbocycles. The summed E-state index contributed by atoms with van der Waals surface area (Å²) in [7, 11) is 0. The fourth-order valence-electron chi connectivity index (χ4n) is 2.58. The molecule has 0 unspecified atom stereocenters. The Labute approximate surface area is 126 Å². The third kappa shape index (κ3) is 4.31. The Kier molecular flexibility index (Phi) is 5.37. The minimum absolute atomic E-state index is 0.0327. The average Bonchev–Trinajstić information content (AvgIpc) is 2.74. The molecule has 0 spiro atoms. The molecule has 4 heteroatoms. The molecule has 0 radical (unpaired) electrons. The number of Topliss-reactive ketones (excluding diaryl/α,β-unsaturated/α-hetero) is 1. The Morgan fingerprint density at radius 3 is 2.38 bits per heavy atom. The van der Waals surface area contributed by atoms with Crippen molar-refractivity contribution in [3.63, 3.8) is 0 Å². The number of carbonyl (C=O) groups excluding carboxylic acids is 2. The number of likely N-dealkylation sites (tertiary alicyclic amines) is 1. The first-order chi connectivity index (χ1) is 10.1. The lowest BCUT2D eigenvalue weighted by Gasteiger charge is -2.20. The van der Waals surface area contributed by atoms with Gasteiger partial charge >= 0.3 is 0 Å². The predicted octanol–water partition coefficient (Wildman–Crippen LogP) is 2.98. The maximum Gasteiger partial charge on any atom is 0.260 e. The number of carbonyl (C=O) groups is 2. The van der Waals surface area contributed by atoms with E-state index >= 15 is 0 Å². The second-order valence-corrected chi connectivity index (χ2v) is 5.62. The number of aryl methyl sites for hydroxylation is 1. The molecule has 21 heavy (non-hydrogen) atoms. The number of benzene rings is 1. The number of ether oxygens (including phenoxy) is 1. The van der Waals surface area contributed by atoms with E-state index in [0.29, 0.717) is 11.3 Å². The molecule has 0 bridgehead atoms. The minimum atomic E-state index is 0.0327. The van der Waals surface area contributed by atoms with E-state index in [1.54, 1.807) is 18.2 Å². The SMILES string of the molecule is CC(=O)c1ccc(OCC(=O)N2CCCCCC2)c(C)c1. The molecule has 1 aromatic carbocycles. The second-order valence-electron chi connectivity index (χ2n) is 5.62. The van der Waals surface area contributed by atoms with Crippen LogP contribution in [0.3, 0.4) is 0 Å². The molecule has 1 aromatic rings. The molecule has 1 amide bonds. The van der Waals surface area contributed by atoms with Crippen molar-refractivity contribution >= 4 is 11.7 Å². The van der Waals surface area contributed by atoms with Crippen LogP contribution in [0.4, 0.5) is 0 Å². The number of ketones is 1. The first-order valence-corrected chi connectivity index (χ1v) is 7.60. The first-order valence-electron chi connectivity index (χ1n) is 7.60. The zero-order valence-electron chi connectivity index (χ0n) is 12.9. The van der Waals surface area contributed by atoms with Gasteiger partial charge in [0.1, 0.15) is 5.75 Å². The van der Waals surface area contributed by atoms with Crippen LogP contribution in [0.5, 0.6) is 5.75 Å². The van der Waals surface area contributed by atoms with Crippen molar-refractivity contribution < 1.29 is 14.3 Å². The number of hydrogen-bond donors (Lipinski definition) is 0. The lowest BCUT2D eigenvalue weighted by Crippen LogP contribution is -2.35. The van der Waals surface area contributed by atoms with Crippen LogP contribution in [0.25, 0.3) is 0 Å². The Morgan fingerprint density at radius 2 is 1.81 bits per heavy atom. The summed E-state index contributed by atoms with van der Waals surface area (Å²) in [4.78, 5) is 25.4. The highest BCUT2D eigenvalue weighted by Gasteiger charge is 2.16. The summed E-state index contributed by atoms with van der Waals surface area (Å²) < 4.78 is 5.62. The van der Waals surface area contributed by atoms with E-state index in [0.717, 1.165) is 31.5 Å². The fourth-order valence-corrected chi connectivity index (χ4v) is 2.58. The number of nitrogens with zero attached hydrogens (tertiary/aromatic N) is 1. The highest BCUT2D eigenvalue weighted by molar-refractivity contribution is 5.94. The van der Waals surface area contributed by atoms with Gasteiger partial charge in [0.15, 0.2) is 12.4 Å². The van der Waals surface area contributed by atoms with Gasteiger partial charge in [-0.3, -0.25) is 9.59 Å². The normalized spacial score (nSPS) is 15.4. The van der Waals surface area contributed by atoms with Crippen molar-refractivity contribution in [2.75, 3.05) is 19.7 Å². The van der Waals surface area contributed by atoms with E-state index in [1.165, 1.54) is 19.8 Å². The van der Waals surface area contributed by atoms with Crippen molar-refractivity contribution in [2.45, 2.75) is 39.5 Å². The van der Waals surface area contributed by atoms with Crippen molar-refractivity contribution in [1.29, 1.82) is 0 Å². The highest BCUT2D eigenvalue weighted by atomic mass is 16.5. The van der Waals surface area contributed by atoms with Crippen LogP contribution in [0.15, 0.2) is 18.2 Å². The Bertz CT molecular complexity index is 517. The van der Waals surface area contributed by atoms with Gasteiger partial charge in [0.2, 0.25) is 0 Å². The zero-order valence-corrected chi connectivity index (χ0v) is 12.9. The van der Waals surface area contributed by atoms with Crippen molar-refractivity contribution in [3.8, 4) is 5.75 Å². The van der Waals surface area contributed by atoms with Gasteiger partial charge in [0.05, 0.1) is 0 Å². The lowest BCUT2D eigenvalue weighted by atomic mass is 10.1. The molecule has 114 valence electrons. The summed E-state index contributed by atoms with van der Waals surface area (Å²) in [5.41, 5.74) is 1.55. The molecule has 0 aromatic heterocycles. The molecule has 4 nitrogen and oxygen atoms in total. The summed E-state index contributed by atoms with van der Waals surface area (Å²) in [6.45, 7) is 5.17. The van der Waals surface area contributed by atoms with Gasteiger partial charge < -0.3 is 9.64 Å². The zero-order chi connectivity index (χ0) is 15.2. The summed E-state index contributed by atoms with van der Waals surface area (Å²) in [6, 6.07) is 5.30. The van der Waals surface area contributed by atoms with E-state index in [9.17, 15) is 9.59 Å². The second kappa shape index (κ2) is 7.25. The maximum absolute atomic E-state index is 12.2. The number of amides is 1. The minimum Gasteiger partial charge on any atom is -0.483 e. The van der Waals surface area contributed by atoms with Crippen LogP contribution in [0.1, 0.15) is 48.5 Å². The molecule has 1 aliphatic heterocycles. The van der Waals surface area contributed by atoms with E-state index in [-0.39, 0.29) is 18.3 Å². The Morgan fingerprint density at radius 1 is 1.14 bits per heavy atom. The van der Waals surface area contributed by atoms with E-state index in [2.05, 4.69) is 0 Å². The largest absolute Gasteiger partial charge is 0.483 e. The topological polar surface area (TPSA) is 46.6 Å². The monoisotopic (exact) mass is 289 g/mol. The molecule has 0 N–H and O–H groups in total. The van der Waals surface area contributed by atoms with Crippen molar-refractivity contribution in [3.05, 3.63) is 29.3 Å². The summed E-state index contributed by atoms with van der Waals surface area (Å²) >= 11 is 0. The molecule has 2 rings (SSSR count). The summed E-state index contributed by atoms with van der Waals surface area (Å²) in [6.07, 6.45) is 4.57. The van der Waals surface area contributed by atoms with Crippen LogP contribution in [0, 0.1) is 6.92 Å². The van der Waals surface area contributed by atoms with Crippen molar-refractivity contribution in [2.24, 2.45) is 0 Å². The van der Waals surface area contributed by atoms with Gasteiger partial charge in [0.25, 0.3) is 5.91 Å². The van der Waals surface area contributed by atoms with Crippen LogP contribution >= 0.6 is 0 Å². The number of rotatable bonds is 4. The van der Waals surface area contributed by atoms with Gasteiger partial charge in [-0.15, -0.1) is 0 Å². The molecule has 1 saturated heterocycles. The first kappa shape index (κ1) is 15.5. The predicted molar refractivity (Wildman–Crippen MR) is 81.7 cm³/mol. The molecule has 1 aliphatic rings. The van der Waals surface area contributed by atoms with Gasteiger partial charge in [-0.2, -0.15) is 0 Å². The van der Waals surface area contributed by atoms with E-state index in [4.69, 9.17) is 4.74 Å². The van der Waals surface area contributed by atoms with Gasteiger partial charge in [-0.25, -0.2) is 0 Å². The van der Waals surface area contributed by atoms with Gasteiger partial charge in [-0.1, -0.05) is 12.8 Å². The van der Waals surface area contributed by atoms with Crippen LogP contribution in [-0.4, -0.2) is 36.3 Å². The van der Waals surface area contributed by atoms with E-state index < -0.39 is 0 Å². The van der Waals surface area contributed by atoms with Crippen LogP contribution in [0.2, 0.25) is 0 Å². The molecule has 0 atom stereocenters. The molecule has 1 fully saturated rings. The molecular weight excluding hydrogens is 266 g/mol. The Hall–Kier alpha value is -1.84. The Balaban J connectivity index is 1.93. The summed E-state index contributed by atoms with van der Waals surface area (Å²) in [5.74, 6) is 0.750. The third-order valence-electron chi connectivity index (χ3n) is 3.89. The highest BCUT2D eigenvalue weighted by Crippen LogP contribution is 2.20. The van der Waals surface area contributed by atoms with Gasteiger partial charge in [-0.05, 0) is 50.5 Å². The van der Waals surface area contributed by atoms with Crippen LogP contribution in [-0.2, 0) is 4.79 Å². The molecular formula is C17H23NO3. The molecule has 0 aliphatic carbocycles. The lowest BCUT2D eigenvalue weighted by molar-refractivity contribution is -0.133. The smallest absolute Gasteiger partial charge is 0.260 e. The number of hydrogen-bond acceptors (Lipinski definition) is 3. The standard InChI is InChI=1S/C17H23NO3/c1-13-11-15(14(2)19)7-8-16(13)21-12-17(20)18-9-5-3-4-6-10-18/h7-8,11H,3-6,9-10,12H2,1-2H3. The van der Waals surface area contributed by atoms with Crippen molar-refractivity contribution in [1.82, 2.24) is 4.90 Å². The van der Waals surface area contributed by atoms with E-state index in [1.807, 2.05) is 11.8 Å². The fraction of sp³-hybridized carbons (Fsp3) is 0.529. The maximum atomic E-state index is 12.2. The third-order valence-corrected chi connectivity index (χ3v) is 3.89. The molecule has 1 heterocycles. The summed E-state index contributed by atoms with van der Waals surface area (Å²) in [5, 5.41) is 0. The quantitative estimate of drug-likeness (QED) is 0.801. The average molecular weight is 289 g/mol. The van der Waals surface area contributed by atoms with Gasteiger partial charge in [0, 0.05) is 18.7 Å².